The Morgan fingerprint density at radius 3 is 3.06 bits per heavy atom. The van der Waals surface area contributed by atoms with E-state index in [2.05, 4.69) is 15.4 Å². The number of nitrogens with zero attached hydrogens (tertiary/aromatic N) is 3. The monoisotopic (exact) mass is 251 g/mol. The van der Waals surface area contributed by atoms with Gasteiger partial charge in [-0.05, 0) is 25.5 Å². The van der Waals surface area contributed by atoms with Crippen LogP contribution in [0.25, 0.3) is 0 Å². The third-order valence-corrected chi connectivity index (χ3v) is 2.39. The Labute approximate surface area is 108 Å². The highest BCUT2D eigenvalue weighted by atomic mass is 16.5. The minimum absolute atomic E-state index is 0.611. The third kappa shape index (κ3) is 4.68. The molecule has 0 bridgehead atoms. The lowest BCUT2D eigenvalue weighted by atomic mass is 10.4. The van der Waals surface area contributed by atoms with Crippen LogP contribution in [0.2, 0.25) is 0 Å². The van der Waals surface area contributed by atoms with Gasteiger partial charge in [-0.2, -0.15) is 0 Å². The Kier molecular flexibility index (Phi) is 6.75. The van der Waals surface area contributed by atoms with Gasteiger partial charge >= 0.3 is 0 Å². The first-order chi connectivity index (χ1) is 8.79. The van der Waals surface area contributed by atoms with E-state index in [-0.39, 0.29) is 0 Å². The van der Waals surface area contributed by atoms with Gasteiger partial charge in [0.1, 0.15) is 0 Å². The Hall–Kier alpha value is -1.66. The van der Waals surface area contributed by atoms with E-state index in [0.29, 0.717) is 19.1 Å². The first kappa shape index (κ1) is 14.4. The number of guanidine groups is 1. The SMILES string of the molecule is CCOCCCN=C(NN)N(C)c1cccnc1. The number of aliphatic imine (C=N–C) groups is 1. The van der Waals surface area contributed by atoms with Crippen LogP contribution in [-0.2, 0) is 4.74 Å². The molecule has 1 aromatic rings. The van der Waals surface area contributed by atoms with Crippen LogP contribution in [0.3, 0.4) is 0 Å². The molecule has 100 valence electrons. The van der Waals surface area contributed by atoms with Crippen molar-refractivity contribution >= 4 is 11.6 Å². The first-order valence-corrected chi connectivity index (χ1v) is 6.02. The molecule has 18 heavy (non-hydrogen) atoms. The highest BCUT2D eigenvalue weighted by Crippen LogP contribution is 2.08. The zero-order valence-corrected chi connectivity index (χ0v) is 11.0. The molecular formula is C12H21N5O. The number of hydrazine groups is 1. The van der Waals surface area contributed by atoms with Crippen molar-refractivity contribution in [2.45, 2.75) is 13.3 Å². The molecule has 6 heteroatoms. The van der Waals surface area contributed by atoms with Gasteiger partial charge in [-0.3, -0.25) is 15.4 Å². The Balaban J connectivity index is 2.52. The van der Waals surface area contributed by atoms with Crippen molar-refractivity contribution in [2.75, 3.05) is 31.7 Å². The minimum atomic E-state index is 0.611. The summed E-state index contributed by atoms with van der Waals surface area (Å²) in [5.74, 6) is 6.09. The van der Waals surface area contributed by atoms with E-state index >= 15 is 0 Å². The summed E-state index contributed by atoms with van der Waals surface area (Å²) in [6.45, 7) is 4.10. The number of pyridine rings is 1. The van der Waals surface area contributed by atoms with E-state index in [1.165, 1.54) is 0 Å². The van der Waals surface area contributed by atoms with Crippen LogP contribution in [0.5, 0.6) is 0 Å². The smallest absolute Gasteiger partial charge is 0.212 e. The number of hydrogen-bond acceptors (Lipinski definition) is 4. The number of rotatable bonds is 6. The lowest BCUT2D eigenvalue weighted by Gasteiger charge is -2.20. The fraction of sp³-hybridized carbons (Fsp3) is 0.500. The molecular weight excluding hydrogens is 230 g/mol. The summed E-state index contributed by atoms with van der Waals surface area (Å²) in [6.07, 6.45) is 4.36. The molecule has 0 unspecified atom stereocenters. The van der Waals surface area contributed by atoms with Crippen LogP contribution in [0.15, 0.2) is 29.5 Å². The number of anilines is 1. The van der Waals surface area contributed by atoms with Crippen LogP contribution >= 0.6 is 0 Å². The van der Waals surface area contributed by atoms with Gasteiger partial charge in [-0.25, -0.2) is 5.84 Å². The average Bonchev–Trinajstić information content (AvgIpc) is 2.43. The fourth-order valence-electron chi connectivity index (χ4n) is 1.42. The largest absolute Gasteiger partial charge is 0.382 e. The van der Waals surface area contributed by atoms with Crippen molar-refractivity contribution in [1.29, 1.82) is 0 Å². The fourth-order valence-corrected chi connectivity index (χ4v) is 1.42. The maximum absolute atomic E-state index is 5.48. The van der Waals surface area contributed by atoms with Crippen molar-refractivity contribution in [3.8, 4) is 0 Å². The van der Waals surface area contributed by atoms with Crippen molar-refractivity contribution < 1.29 is 4.74 Å². The summed E-state index contributed by atoms with van der Waals surface area (Å²) < 4.78 is 5.25. The number of aromatic nitrogens is 1. The first-order valence-electron chi connectivity index (χ1n) is 6.02. The number of nitrogens with two attached hydrogens (primary N) is 1. The lowest BCUT2D eigenvalue weighted by molar-refractivity contribution is 0.146. The topological polar surface area (TPSA) is 75.8 Å². The van der Waals surface area contributed by atoms with Gasteiger partial charge in [-0.1, -0.05) is 0 Å². The van der Waals surface area contributed by atoms with E-state index in [4.69, 9.17) is 10.6 Å². The van der Waals surface area contributed by atoms with Crippen LogP contribution < -0.4 is 16.2 Å². The van der Waals surface area contributed by atoms with Gasteiger partial charge in [0.2, 0.25) is 5.96 Å². The number of hydrogen-bond donors (Lipinski definition) is 2. The predicted octanol–water partition coefficient (Wildman–Crippen LogP) is 0.764. The second kappa shape index (κ2) is 8.43. The molecule has 0 atom stereocenters. The zero-order chi connectivity index (χ0) is 13.2. The van der Waals surface area contributed by atoms with Crippen molar-refractivity contribution in [1.82, 2.24) is 10.4 Å². The standard InChI is InChI=1S/C12H21N5O/c1-3-18-9-5-8-15-12(16-13)17(2)11-6-4-7-14-10-11/h4,6-7,10H,3,5,8-9,13H2,1-2H3,(H,15,16). The number of nitrogens with one attached hydrogen (secondary N) is 1. The van der Waals surface area contributed by atoms with Gasteiger partial charge in [0, 0.05) is 33.0 Å². The molecule has 1 rings (SSSR count). The summed E-state index contributed by atoms with van der Waals surface area (Å²) in [6, 6.07) is 3.81. The van der Waals surface area contributed by atoms with Gasteiger partial charge in [-0.15, -0.1) is 0 Å². The molecule has 1 aromatic heterocycles. The van der Waals surface area contributed by atoms with Crippen LogP contribution in [0, 0.1) is 0 Å². The average molecular weight is 251 g/mol. The lowest BCUT2D eigenvalue weighted by Crippen LogP contribution is -2.43. The van der Waals surface area contributed by atoms with E-state index in [0.717, 1.165) is 18.7 Å². The zero-order valence-electron chi connectivity index (χ0n) is 11.0. The van der Waals surface area contributed by atoms with Crippen molar-refractivity contribution in [2.24, 2.45) is 10.8 Å². The quantitative estimate of drug-likeness (QED) is 0.257. The summed E-state index contributed by atoms with van der Waals surface area (Å²) in [5, 5.41) is 0. The molecule has 0 spiro atoms. The molecule has 0 aliphatic rings. The molecule has 1 heterocycles. The molecule has 0 saturated carbocycles. The molecule has 6 nitrogen and oxygen atoms in total. The van der Waals surface area contributed by atoms with E-state index in [9.17, 15) is 0 Å². The minimum Gasteiger partial charge on any atom is -0.382 e. The summed E-state index contributed by atoms with van der Waals surface area (Å²) >= 11 is 0. The molecule has 0 aliphatic heterocycles. The van der Waals surface area contributed by atoms with E-state index < -0.39 is 0 Å². The Bertz CT molecular complexity index is 355. The maximum Gasteiger partial charge on any atom is 0.212 e. The summed E-state index contributed by atoms with van der Waals surface area (Å²) in [7, 11) is 1.89. The van der Waals surface area contributed by atoms with E-state index in [1.807, 2.05) is 31.0 Å². The predicted molar refractivity (Wildman–Crippen MR) is 73.4 cm³/mol. The Morgan fingerprint density at radius 1 is 1.61 bits per heavy atom. The Morgan fingerprint density at radius 2 is 2.44 bits per heavy atom. The molecule has 0 saturated heterocycles. The summed E-state index contributed by atoms with van der Waals surface area (Å²) in [4.78, 5) is 10.3. The summed E-state index contributed by atoms with van der Waals surface area (Å²) in [5.41, 5.74) is 3.53. The van der Waals surface area contributed by atoms with Crippen molar-refractivity contribution in [3.05, 3.63) is 24.5 Å². The molecule has 0 fully saturated rings. The van der Waals surface area contributed by atoms with Gasteiger partial charge < -0.3 is 9.64 Å². The van der Waals surface area contributed by atoms with Gasteiger partial charge in [0.25, 0.3) is 0 Å². The highest BCUT2D eigenvalue weighted by molar-refractivity contribution is 5.94. The molecule has 0 radical (unpaired) electrons. The van der Waals surface area contributed by atoms with Gasteiger partial charge in [0.05, 0.1) is 11.9 Å². The highest BCUT2D eigenvalue weighted by Gasteiger charge is 2.06. The van der Waals surface area contributed by atoms with Gasteiger partial charge in [0.15, 0.2) is 0 Å². The second-order valence-electron chi connectivity index (χ2n) is 3.67. The molecule has 3 N–H and O–H groups in total. The number of ether oxygens (including phenoxy) is 1. The van der Waals surface area contributed by atoms with Crippen LogP contribution in [-0.4, -0.2) is 37.7 Å². The second-order valence-corrected chi connectivity index (χ2v) is 3.67. The maximum atomic E-state index is 5.48. The molecule has 0 amide bonds. The van der Waals surface area contributed by atoms with Crippen molar-refractivity contribution in [3.63, 3.8) is 0 Å². The molecule has 0 aromatic carbocycles. The van der Waals surface area contributed by atoms with Crippen LogP contribution in [0.1, 0.15) is 13.3 Å². The van der Waals surface area contributed by atoms with E-state index in [1.54, 1.807) is 12.4 Å². The van der Waals surface area contributed by atoms with Crippen LogP contribution in [0.4, 0.5) is 5.69 Å². The molecule has 0 aliphatic carbocycles. The third-order valence-electron chi connectivity index (χ3n) is 2.39. The normalized spacial score (nSPS) is 11.4.